The maximum atomic E-state index is 3.73. The van der Waals surface area contributed by atoms with Crippen molar-refractivity contribution in [2.45, 2.75) is 63.5 Å². The lowest BCUT2D eigenvalue weighted by Gasteiger charge is -2.48. The zero-order valence-corrected chi connectivity index (χ0v) is 12.7. The Labute approximate surface area is 123 Å². The third kappa shape index (κ3) is 3.26. The molecule has 1 aromatic rings. The minimum Gasteiger partial charge on any atom is -0.367 e. The third-order valence-corrected chi connectivity index (χ3v) is 5.26. The zero-order valence-electron chi connectivity index (χ0n) is 12.7. The van der Waals surface area contributed by atoms with Crippen molar-refractivity contribution in [1.82, 2.24) is 15.2 Å². The fourth-order valence-electron chi connectivity index (χ4n) is 4.09. The van der Waals surface area contributed by atoms with E-state index in [4.69, 9.17) is 0 Å². The van der Waals surface area contributed by atoms with Gasteiger partial charge in [0.15, 0.2) is 0 Å². The Morgan fingerprint density at radius 2 is 1.80 bits per heavy atom. The minimum atomic E-state index is 0.453. The SMILES string of the molecule is c1cc(CNCC2(N3CCCCC3)CCCCC2)c[nH]1. The first kappa shape index (κ1) is 14.2. The van der Waals surface area contributed by atoms with Crippen molar-refractivity contribution in [3.05, 3.63) is 24.0 Å². The van der Waals surface area contributed by atoms with Gasteiger partial charge in [-0.05, 0) is 50.4 Å². The summed E-state index contributed by atoms with van der Waals surface area (Å²) in [5, 5.41) is 3.73. The van der Waals surface area contributed by atoms with Gasteiger partial charge in [0, 0.05) is 31.0 Å². The van der Waals surface area contributed by atoms with E-state index in [1.807, 2.05) is 6.20 Å². The van der Waals surface area contributed by atoms with Crippen molar-refractivity contribution in [2.75, 3.05) is 19.6 Å². The number of piperidine rings is 1. The van der Waals surface area contributed by atoms with Crippen LogP contribution >= 0.6 is 0 Å². The highest BCUT2D eigenvalue weighted by Crippen LogP contribution is 2.35. The van der Waals surface area contributed by atoms with E-state index >= 15 is 0 Å². The standard InChI is InChI=1S/C17H29N3/c1-3-8-17(9-4-1,20-11-5-2-6-12-20)15-19-14-16-7-10-18-13-16/h7,10,13,18-19H,1-6,8-9,11-12,14-15H2. The van der Waals surface area contributed by atoms with Crippen molar-refractivity contribution < 1.29 is 0 Å². The summed E-state index contributed by atoms with van der Waals surface area (Å²) in [5.74, 6) is 0. The smallest absolute Gasteiger partial charge is 0.0334 e. The van der Waals surface area contributed by atoms with Gasteiger partial charge in [-0.15, -0.1) is 0 Å². The number of hydrogen-bond acceptors (Lipinski definition) is 2. The topological polar surface area (TPSA) is 31.1 Å². The van der Waals surface area contributed by atoms with E-state index in [1.165, 1.54) is 70.0 Å². The molecule has 2 N–H and O–H groups in total. The number of aromatic nitrogens is 1. The highest BCUT2D eigenvalue weighted by atomic mass is 15.2. The minimum absolute atomic E-state index is 0.453. The van der Waals surface area contributed by atoms with Crippen molar-refractivity contribution in [2.24, 2.45) is 0 Å². The van der Waals surface area contributed by atoms with Crippen LogP contribution in [0, 0.1) is 0 Å². The predicted octanol–water partition coefficient (Wildman–Crippen LogP) is 3.29. The molecule has 2 heterocycles. The van der Waals surface area contributed by atoms with Crippen LogP contribution in [0.25, 0.3) is 0 Å². The maximum absolute atomic E-state index is 3.73. The lowest BCUT2D eigenvalue weighted by atomic mass is 9.79. The number of likely N-dealkylation sites (tertiary alicyclic amines) is 1. The van der Waals surface area contributed by atoms with Crippen molar-refractivity contribution >= 4 is 0 Å². The van der Waals surface area contributed by atoms with Gasteiger partial charge in [0.25, 0.3) is 0 Å². The van der Waals surface area contributed by atoms with Crippen LogP contribution < -0.4 is 5.32 Å². The zero-order chi connectivity index (χ0) is 13.7. The van der Waals surface area contributed by atoms with E-state index in [9.17, 15) is 0 Å². The fraction of sp³-hybridized carbons (Fsp3) is 0.765. The van der Waals surface area contributed by atoms with Crippen molar-refractivity contribution in [3.63, 3.8) is 0 Å². The van der Waals surface area contributed by atoms with Crippen LogP contribution in [0.1, 0.15) is 56.9 Å². The molecule has 20 heavy (non-hydrogen) atoms. The Bertz CT molecular complexity index is 373. The molecule has 112 valence electrons. The Balaban J connectivity index is 1.59. The van der Waals surface area contributed by atoms with Crippen LogP contribution in [-0.4, -0.2) is 35.1 Å². The van der Waals surface area contributed by atoms with Gasteiger partial charge >= 0.3 is 0 Å². The van der Waals surface area contributed by atoms with Crippen LogP contribution in [0.3, 0.4) is 0 Å². The molecule has 0 aromatic carbocycles. The van der Waals surface area contributed by atoms with Gasteiger partial charge in [-0.1, -0.05) is 25.7 Å². The Kier molecular flexibility index (Phi) is 4.79. The maximum Gasteiger partial charge on any atom is 0.0334 e. The molecular formula is C17H29N3. The number of aromatic amines is 1. The van der Waals surface area contributed by atoms with Gasteiger partial charge in [0.2, 0.25) is 0 Å². The number of rotatable bonds is 5. The highest BCUT2D eigenvalue weighted by Gasteiger charge is 2.37. The molecule has 1 aromatic heterocycles. The summed E-state index contributed by atoms with van der Waals surface area (Å²) in [5.41, 5.74) is 1.82. The van der Waals surface area contributed by atoms with Gasteiger partial charge in [-0.2, -0.15) is 0 Å². The summed E-state index contributed by atoms with van der Waals surface area (Å²) < 4.78 is 0. The Morgan fingerprint density at radius 3 is 2.50 bits per heavy atom. The molecule has 3 heteroatoms. The molecule has 0 atom stereocenters. The molecule has 2 fully saturated rings. The number of H-pyrrole nitrogens is 1. The molecule has 0 amide bonds. The summed E-state index contributed by atoms with van der Waals surface area (Å²) in [6.45, 7) is 4.81. The molecule has 0 unspecified atom stereocenters. The summed E-state index contributed by atoms with van der Waals surface area (Å²) in [6.07, 6.45) is 15.4. The summed E-state index contributed by atoms with van der Waals surface area (Å²) in [4.78, 5) is 5.96. The van der Waals surface area contributed by atoms with Gasteiger partial charge in [0.1, 0.15) is 0 Å². The second-order valence-corrected chi connectivity index (χ2v) is 6.66. The second kappa shape index (κ2) is 6.77. The molecule has 3 nitrogen and oxygen atoms in total. The molecule has 0 spiro atoms. The van der Waals surface area contributed by atoms with Crippen molar-refractivity contribution in [1.29, 1.82) is 0 Å². The van der Waals surface area contributed by atoms with E-state index in [-0.39, 0.29) is 0 Å². The number of nitrogens with zero attached hydrogens (tertiary/aromatic N) is 1. The van der Waals surface area contributed by atoms with Gasteiger partial charge in [0.05, 0.1) is 0 Å². The molecule has 1 aliphatic heterocycles. The predicted molar refractivity (Wildman–Crippen MR) is 83.7 cm³/mol. The summed E-state index contributed by atoms with van der Waals surface area (Å²) in [7, 11) is 0. The van der Waals surface area contributed by atoms with E-state index in [2.05, 4.69) is 27.5 Å². The summed E-state index contributed by atoms with van der Waals surface area (Å²) >= 11 is 0. The highest BCUT2D eigenvalue weighted by molar-refractivity contribution is 5.08. The lowest BCUT2D eigenvalue weighted by molar-refractivity contribution is 0.0333. The van der Waals surface area contributed by atoms with Gasteiger partial charge < -0.3 is 10.3 Å². The van der Waals surface area contributed by atoms with Gasteiger partial charge in [-0.25, -0.2) is 0 Å². The van der Waals surface area contributed by atoms with Crippen LogP contribution in [0.5, 0.6) is 0 Å². The van der Waals surface area contributed by atoms with Crippen molar-refractivity contribution in [3.8, 4) is 0 Å². The molecule has 0 radical (unpaired) electrons. The second-order valence-electron chi connectivity index (χ2n) is 6.66. The third-order valence-electron chi connectivity index (χ3n) is 5.26. The Hall–Kier alpha value is -0.800. The van der Waals surface area contributed by atoms with Crippen LogP contribution in [-0.2, 0) is 6.54 Å². The number of nitrogens with one attached hydrogen (secondary N) is 2. The van der Waals surface area contributed by atoms with Crippen LogP contribution in [0.15, 0.2) is 18.5 Å². The quantitative estimate of drug-likeness (QED) is 0.864. The first-order valence-electron chi connectivity index (χ1n) is 8.47. The molecule has 1 saturated carbocycles. The molecule has 3 rings (SSSR count). The molecule has 1 aliphatic carbocycles. The normalized spacial score (nSPS) is 23.8. The summed E-state index contributed by atoms with van der Waals surface area (Å²) in [6, 6.07) is 2.17. The number of hydrogen-bond donors (Lipinski definition) is 2. The van der Waals surface area contributed by atoms with Gasteiger partial charge in [-0.3, -0.25) is 4.90 Å². The fourth-order valence-corrected chi connectivity index (χ4v) is 4.09. The Morgan fingerprint density at radius 1 is 1.05 bits per heavy atom. The first-order chi connectivity index (χ1) is 9.89. The van der Waals surface area contributed by atoms with E-state index in [0.29, 0.717) is 5.54 Å². The molecular weight excluding hydrogens is 246 g/mol. The van der Waals surface area contributed by atoms with Crippen LogP contribution in [0.4, 0.5) is 0 Å². The van der Waals surface area contributed by atoms with E-state index < -0.39 is 0 Å². The molecule has 0 bridgehead atoms. The average molecular weight is 275 g/mol. The molecule has 2 aliphatic rings. The lowest BCUT2D eigenvalue weighted by Crippen LogP contribution is -2.57. The average Bonchev–Trinajstić information content (AvgIpc) is 3.02. The first-order valence-corrected chi connectivity index (χ1v) is 8.47. The van der Waals surface area contributed by atoms with E-state index in [0.717, 1.165) is 13.1 Å². The van der Waals surface area contributed by atoms with E-state index in [1.54, 1.807) is 0 Å². The monoisotopic (exact) mass is 275 g/mol. The largest absolute Gasteiger partial charge is 0.367 e. The molecule has 1 saturated heterocycles. The van der Waals surface area contributed by atoms with Crippen LogP contribution in [0.2, 0.25) is 0 Å².